The number of imidazole rings is 1. The van der Waals surface area contributed by atoms with Crippen LogP contribution in [-0.2, 0) is 0 Å². The smallest absolute Gasteiger partial charge is 0.347 e. The van der Waals surface area contributed by atoms with Gasteiger partial charge in [-0.15, -0.1) is 0 Å². The lowest BCUT2D eigenvalue weighted by Crippen LogP contribution is -2.55. The zero-order valence-corrected chi connectivity index (χ0v) is 13.5. The molecule has 1 aromatic heterocycles. The molecule has 1 aliphatic carbocycles. The summed E-state index contributed by atoms with van der Waals surface area (Å²) in [7, 11) is 0. The van der Waals surface area contributed by atoms with Crippen LogP contribution in [0.3, 0.4) is 0 Å². The fourth-order valence-electron chi connectivity index (χ4n) is 3.89. The maximum Gasteiger partial charge on any atom is 0.408 e. The number of H-pyrrole nitrogens is 1. The van der Waals surface area contributed by atoms with E-state index < -0.39 is 24.2 Å². The molecule has 134 valence electrons. The van der Waals surface area contributed by atoms with Crippen molar-refractivity contribution in [3.05, 3.63) is 18.2 Å². The highest BCUT2D eigenvalue weighted by molar-refractivity contribution is 5.75. The van der Waals surface area contributed by atoms with Gasteiger partial charge in [0.15, 0.2) is 0 Å². The van der Waals surface area contributed by atoms with Gasteiger partial charge in [0, 0.05) is 18.9 Å². The monoisotopic (exact) mass is 344 g/mol. The number of urea groups is 1. The number of alkyl halides is 3. The van der Waals surface area contributed by atoms with Gasteiger partial charge in [-0.3, -0.25) is 0 Å². The number of hydrogen-bond donors (Lipinski definition) is 2. The molecule has 3 rings (SSSR count). The van der Waals surface area contributed by atoms with Crippen molar-refractivity contribution in [2.75, 3.05) is 6.54 Å². The van der Waals surface area contributed by atoms with Crippen molar-refractivity contribution < 1.29 is 18.0 Å². The standard InChI is InChI=1S/C16H23F3N4O/c17-16(18,19)13(11-5-1-2-6-11)22-15(24)23-10-4-3-7-12(23)14-20-8-9-21-14/h8-9,11-13H,1-7,10H2,(H,20,21)(H,22,24)/t12-,13+/m1/s1. The van der Waals surface area contributed by atoms with Gasteiger partial charge in [0.2, 0.25) is 0 Å². The molecular formula is C16H23F3N4O. The normalized spacial score (nSPS) is 24.1. The summed E-state index contributed by atoms with van der Waals surface area (Å²) in [4.78, 5) is 21.2. The molecule has 5 nitrogen and oxygen atoms in total. The van der Waals surface area contributed by atoms with E-state index in [9.17, 15) is 18.0 Å². The number of aromatic nitrogens is 2. The Morgan fingerprint density at radius 2 is 1.96 bits per heavy atom. The van der Waals surface area contributed by atoms with Crippen LogP contribution in [0.5, 0.6) is 0 Å². The van der Waals surface area contributed by atoms with Gasteiger partial charge in [-0.1, -0.05) is 12.8 Å². The van der Waals surface area contributed by atoms with Crippen LogP contribution < -0.4 is 5.32 Å². The van der Waals surface area contributed by atoms with Gasteiger partial charge in [-0.05, 0) is 38.0 Å². The van der Waals surface area contributed by atoms with Gasteiger partial charge in [0.05, 0.1) is 6.04 Å². The lowest BCUT2D eigenvalue weighted by Gasteiger charge is -2.37. The van der Waals surface area contributed by atoms with Crippen molar-refractivity contribution in [3.63, 3.8) is 0 Å². The maximum atomic E-state index is 13.4. The highest BCUT2D eigenvalue weighted by atomic mass is 19.4. The summed E-state index contributed by atoms with van der Waals surface area (Å²) < 4.78 is 40.3. The molecular weight excluding hydrogens is 321 g/mol. The second-order valence-corrected chi connectivity index (χ2v) is 6.69. The van der Waals surface area contributed by atoms with Gasteiger partial charge < -0.3 is 15.2 Å². The molecule has 0 radical (unpaired) electrons. The molecule has 2 fully saturated rings. The zero-order chi connectivity index (χ0) is 17.2. The van der Waals surface area contributed by atoms with E-state index in [-0.39, 0.29) is 6.04 Å². The molecule has 1 saturated heterocycles. The number of aromatic amines is 1. The second-order valence-electron chi connectivity index (χ2n) is 6.69. The predicted molar refractivity (Wildman–Crippen MR) is 82.2 cm³/mol. The number of nitrogens with one attached hydrogen (secondary N) is 2. The summed E-state index contributed by atoms with van der Waals surface area (Å²) in [5.74, 6) is 0.120. The Hall–Kier alpha value is -1.73. The van der Waals surface area contributed by atoms with Crippen LogP contribution in [0.4, 0.5) is 18.0 Å². The Morgan fingerprint density at radius 1 is 1.25 bits per heavy atom. The number of piperidine rings is 1. The van der Waals surface area contributed by atoms with E-state index in [1.807, 2.05) is 0 Å². The summed E-state index contributed by atoms with van der Waals surface area (Å²) in [6.45, 7) is 0.451. The van der Waals surface area contributed by atoms with Crippen molar-refractivity contribution in [1.29, 1.82) is 0 Å². The molecule has 1 aromatic rings. The topological polar surface area (TPSA) is 61.0 Å². The first-order valence-electron chi connectivity index (χ1n) is 8.60. The van der Waals surface area contributed by atoms with Crippen LogP contribution in [-0.4, -0.2) is 39.7 Å². The van der Waals surface area contributed by atoms with E-state index in [1.165, 1.54) is 4.90 Å². The van der Waals surface area contributed by atoms with Crippen LogP contribution in [0.15, 0.2) is 12.4 Å². The third-order valence-electron chi connectivity index (χ3n) is 5.10. The fourth-order valence-corrected chi connectivity index (χ4v) is 3.89. The van der Waals surface area contributed by atoms with Crippen LogP contribution in [0.2, 0.25) is 0 Å². The predicted octanol–water partition coefficient (Wildman–Crippen LogP) is 3.77. The quantitative estimate of drug-likeness (QED) is 0.877. The molecule has 2 N–H and O–H groups in total. The third-order valence-corrected chi connectivity index (χ3v) is 5.10. The van der Waals surface area contributed by atoms with Crippen molar-refractivity contribution >= 4 is 6.03 Å². The number of halogens is 3. The number of amides is 2. The fraction of sp³-hybridized carbons (Fsp3) is 0.750. The highest BCUT2D eigenvalue weighted by Gasteiger charge is 2.47. The van der Waals surface area contributed by atoms with E-state index >= 15 is 0 Å². The number of carbonyl (C=O) groups excluding carboxylic acids is 1. The summed E-state index contributed by atoms with van der Waals surface area (Å²) in [5, 5.41) is 2.28. The first-order valence-corrected chi connectivity index (χ1v) is 8.60. The van der Waals surface area contributed by atoms with Crippen LogP contribution in [0.25, 0.3) is 0 Å². The zero-order valence-electron chi connectivity index (χ0n) is 13.5. The van der Waals surface area contributed by atoms with Crippen LogP contribution in [0.1, 0.15) is 56.8 Å². The molecule has 2 aliphatic rings. The van der Waals surface area contributed by atoms with E-state index in [1.54, 1.807) is 12.4 Å². The average Bonchev–Trinajstić information content (AvgIpc) is 3.24. The van der Waals surface area contributed by atoms with Crippen molar-refractivity contribution in [3.8, 4) is 0 Å². The number of carbonyl (C=O) groups is 1. The summed E-state index contributed by atoms with van der Waals surface area (Å²) in [6.07, 6.45) is 3.91. The lowest BCUT2D eigenvalue weighted by molar-refractivity contribution is -0.165. The Balaban J connectivity index is 1.73. The lowest BCUT2D eigenvalue weighted by atomic mass is 9.97. The largest absolute Gasteiger partial charge is 0.408 e. The molecule has 0 unspecified atom stereocenters. The summed E-state index contributed by atoms with van der Waals surface area (Å²) >= 11 is 0. The first-order chi connectivity index (χ1) is 11.5. The third kappa shape index (κ3) is 3.67. The van der Waals surface area contributed by atoms with Gasteiger partial charge >= 0.3 is 12.2 Å². The minimum absolute atomic E-state index is 0.286. The van der Waals surface area contributed by atoms with Gasteiger partial charge in [0.1, 0.15) is 11.9 Å². The number of nitrogens with zero attached hydrogens (tertiary/aromatic N) is 2. The number of likely N-dealkylation sites (tertiary alicyclic amines) is 1. The SMILES string of the molecule is O=C(N[C@@H](C1CCCC1)C(F)(F)F)N1CCCC[C@@H]1c1ncc[nH]1. The number of hydrogen-bond acceptors (Lipinski definition) is 2. The molecule has 1 aliphatic heterocycles. The molecule has 2 heterocycles. The van der Waals surface area contributed by atoms with E-state index in [4.69, 9.17) is 0 Å². The van der Waals surface area contributed by atoms with Gasteiger partial charge in [-0.25, -0.2) is 9.78 Å². The highest BCUT2D eigenvalue weighted by Crippen LogP contribution is 2.36. The van der Waals surface area contributed by atoms with Crippen LogP contribution >= 0.6 is 0 Å². The molecule has 0 aromatic carbocycles. The van der Waals surface area contributed by atoms with E-state index in [0.717, 1.165) is 25.7 Å². The molecule has 1 saturated carbocycles. The van der Waals surface area contributed by atoms with Crippen molar-refractivity contribution in [2.45, 2.75) is 63.2 Å². The maximum absolute atomic E-state index is 13.4. The minimum Gasteiger partial charge on any atom is -0.347 e. The first kappa shape index (κ1) is 17.1. The molecule has 0 spiro atoms. The molecule has 24 heavy (non-hydrogen) atoms. The summed E-state index contributed by atoms with van der Waals surface area (Å²) in [6, 6.07) is -2.68. The Bertz CT molecular complexity index is 540. The van der Waals surface area contributed by atoms with Gasteiger partial charge in [0.25, 0.3) is 0 Å². The van der Waals surface area contributed by atoms with Gasteiger partial charge in [-0.2, -0.15) is 13.2 Å². The molecule has 2 amide bonds. The Morgan fingerprint density at radius 3 is 2.58 bits per heavy atom. The minimum atomic E-state index is -4.42. The van der Waals surface area contributed by atoms with Crippen LogP contribution in [0, 0.1) is 5.92 Å². The number of rotatable bonds is 3. The Labute approximate surface area is 139 Å². The van der Waals surface area contributed by atoms with E-state index in [0.29, 0.717) is 31.6 Å². The Kier molecular flexibility index (Phi) is 5.01. The van der Waals surface area contributed by atoms with Crippen molar-refractivity contribution in [2.24, 2.45) is 5.92 Å². The molecule has 0 bridgehead atoms. The molecule has 2 atom stereocenters. The van der Waals surface area contributed by atoms with Crippen molar-refractivity contribution in [1.82, 2.24) is 20.2 Å². The van der Waals surface area contributed by atoms with E-state index in [2.05, 4.69) is 15.3 Å². The average molecular weight is 344 g/mol. The molecule has 8 heteroatoms. The summed E-state index contributed by atoms with van der Waals surface area (Å²) in [5.41, 5.74) is 0. The second kappa shape index (κ2) is 7.03.